The zero-order valence-corrected chi connectivity index (χ0v) is 17.0. The summed E-state index contributed by atoms with van der Waals surface area (Å²) in [6.07, 6.45) is 10.1. The predicted octanol–water partition coefficient (Wildman–Crippen LogP) is 3.85. The van der Waals surface area contributed by atoms with Gasteiger partial charge in [0.05, 0.1) is 16.7 Å². The number of aryl methyl sites for hydroxylation is 2. The highest BCUT2D eigenvalue weighted by atomic mass is 16.5. The summed E-state index contributed by atoms with van der Waals surface area (Å²) < 4.78 is 5.35. The molecule has 1 unspecified atom stereocenters. The first-order valence-electron chi connectivity index (χ1n) is 9.96. The molecule has 0 radical (unpaired) electrons. The van der Waals surface area contributed by atoms with E-state index in [-0.39, 0.29) is 5.69 Å². The van der Waals surface area contributed by atoms with Gasteiger partial charge in [-0.1, -0.05) is 30.7 Å². The van der Waals surface area contributed by atoms with Crippen LogP contribution in [0, 0.1) is 13.8 Å². The van der Waals surface area contributed by atoms with Crippen LogP contribution in [0.2, 0.25) is 0 Å². The van der Waals surface area contributed by atoms with E-state index in [4.69, 9.17) is 4.52 Å². The van der Waals surface area contributed by atoms with Crippen molar-refractivity contribution >= 4 is 11.0 Å². The molecule has 0 fully saturated rings. The van der Waals surface area contributed by atoms with Crippen molar-refractivity contribution in [1.29, 1.82) is 0 Å². The summed E-state index contributed by atoms with van der Waals surface area (Å²) in [5.74, 6) is 0.698. The Balaban J connectivity index is 1.97. The number of imidazole rings is 1. The number of rotatable bonds is 6. The summed E-state index contributed by atoms with van der Waals surface area (Å²) in [7, 11) is 0. The quantitative estimate of drug-likeness (QED) is 0.590. The third-order valence-corrected chi connectivity index (χ3v) is 5.55. The lowest BCUT2D eigenvalue weighted by Crippen LogP contribution is -2.44. The number of nitrogens with one attached hydrogen (secondary N) is 2. The summed E-state index contributed by atoms with van der Waals surface area (Å²) in [5.41, 5.74) is 2.85. The van der Waals surface area contributed by atoms with Gasteiger partial charge in [0.2, 0.25) is 0 Å². The molecule has 152 valence electrons. The molecule has 3 heterocycles. The fraction of sp³-hybridized carbons (Fsp3) is 0.364. The third kappa shape index (κ3) is 3.31. The smallest absolute Gasteiger partial charge is 0.323 e. The molecule has 4 rings (SSSR count). The molecule has 3 aromatic rings. The van der Waals surface area contributed by atoms with Gasteiger partial charge in [0, 0.05) is 23.9 Å². The molecule has 0 saturated heterocycles. The van der Waals surface area contributed by atoms with Crippen LogP contribution < -0.4 is 5.69 Å². The zero-order chi connectivity index (χ0) is 20.6. The van der Waals surface area contributed by atoms with Crippen molar-refractivity contribution in [3.8, 4) is 11.1 Å². The molecule has 2 aromatic heterocycles. The number of aliphatic hydroxyl groups is 1. The Morgan fingerprint density at radius 3 is 2.76 bits per heavy atom. The minimum Gasteiger partial charge on any atom is -0.367 e. The number of unbranched alkanes of at least 4 members (excludes halogenated alkanes) is 1. The van der Waals surface area contributed by atoms with Crippen LogP contribution in [0.25, 0.3) is 22.2 Å². The van der Waals surface area contributed by atoms with Crippen molar-refractivity contribution in [2.75, 3.05) is 6.54 Å². The minimum atomic E-state index is -1.27. The van der Waals surface area contributed by atoms with Crippen LogP contribution in [0.5, 0.6) is 0 Å². The molecule has 0 saturated carbocycles. The highest BCUT2D eigenvalue weighted by molar-refractivity contribution is 5.86. The summed E-state index contributed by atoms with van der Waals surface area (Å²) >= 11 is 0. The first-order valence-corrected chi connectivity index (χ1v) is 9.96. The molecule has 0 amide bonds. The van der Waals surface area contributed by atoms with Crippen molar-refractivity contribution in [2.45, 2.75) is 45.8 Å². The van der Waals surface area contributed by atoms with Crippen LogP contribution in [0.15, 0.2) is 45.9 Å². The van der Waals surface area contributed by atoms with Crippen LogP contribution in [-0.4, -0.2) is 31.7 Å². The maximum Gasteiger partial charge on any atom is 0.323 e. The van der Waals surface area contributed by atoms with Gasteiger partial charge in [0.15, 0.2) is 5.72 Å². The van der Waals surface area contributed by atoms with Crippen LogP contribution in [0.3, 0.4) is 0 Å². The Morgan fingerprint density at radius 1 is 1.28 bits per heavy atom. The molecular formula is C22H26N4O3. The maximum atomic E-state index is 12.1. The monoisotopic (exact) mass is 394 g/mol. The lowest BCUT2D eigenvalue weighted by Gasteiger charge is -2.40. The van der Waals surface area contributed by atoms with E-state index in [2.05, 4.69) is 22.0 Å². The van der Waals surface area contributed by atoms with E-state index in [9.17, 15) is 9.90 Å². The maximum absolute atomic E-state index is 12.1. The molecule has 29 heavy (non-hydrogen) atoms. The van der Waals surface area contributed by atoms with Gasteiger partial charge in [0.1, 0.15) is 5.76 Å². The Kier molecular flexibility index (Phi) is 4.92. The zero-order valence-electron chi connectivity index (χ0n) is 17.0. The highest BCUT2D eigenvalue weighted by Crippen LogP contribution is 2.39. The number of aromatic amines is 2. The number of aromatic nitrogens is 3. The van der Waals surface area contributed by atoms with Crippen LogP contribution in [-0.2, 0) is 5.72 Å². The highest BCUT2D eigenvalue weighted by Gasteiger charge is 2.37. The molecule has 0 aliphatic carbocycles. The molecule has 0 spiro atoms. The van der Waals surface area contributed by atoms with Gasteiger partial charge in [-0.3, -0.25) is 0 Å². The average Bonchev–Trinajstić information content (AvgIpc) is 3.26. The number of fused-ring (bicyclic) bond motifs is 1. The van der Waals surface area contributed by atoms with E-state index < -0.39 is 5.72 Å². The van der Waals surface area contributed by atoms with E-state index in [1.165, 1.54) is 0 Å². The fourth-order valence-electron chi connectivity index (χ4n) is 4.10. The van der Waals surface area contributed by atoms with Gasteiger partial charge in [-0.05, 0) is 50.5 Å². The molecule has 1 aliphatic rings. The fourth-order valence-corrected chi connectivity index (χ4v) is 4.10. The standard InChI is InChI=1S/C22H26N4O3/c1-4-5-9-22(28,26-10-7-6-8-11-26)17-12-16(19-14(2)25-29-15(19)3)13-18-20(17)24-21(27)23-18/h6-8,10,12-13,28H,4-5,9,11H2,1-3H3,(H2,23,24,27). The Morgan fingerprint density at radius 2 is 2.10 bits per heavy atom. The first-order chi connectivity index (χ1) is 13.9. The minimum absolute atomic E-state index is 0.302. The Labute approximate surface area is 168 Å². The lowest BCUT2D eigenvalue weighted by molar-refractivity contribution is -0.0923. The number of hydrogen-bond acceptors (Lipinski definition) is 5. The van der Waals surface area contributed by atoms with Gasteiger partial charge in [0.25, 0.3) is 0 Å². The van der Waals surface area contributed by atoms with Gasteiger partial charge >= 0.3 is 5.69 Å². The van der Waals surface area contributed by atoms with Gasteiger partial charge in [-0.15, -0.1) is 0 Å². The van der Waals surface area contributed by atoms with E-state index in [0.29, 0.717) is 35.3 Å². The molecule has 1 aromatic carbocycles. The first kappa shape index (κ1) is 19.3. The number of nitrogens with zero attached hydrogens (tertiary/aromatic N) is 2. The predicted molar refractivity (Wildman–Crippen MR) is 112 cm³/mol. The molecule has 7 nitrogen and oxygen atoms in total. The molecule has 3 N–H and O–H groups in total. The van der Waals surface area contributed by atoms with Crippen molar-refractivity contribution in [1.82, 2.24) is 20.0 Å². The lowest BCUT2D eigenvalue weighted by atomic mass is 9.90. The summed E-state index contributed by atoms with van der Waals surface area (Å²) in [6.45, 7) is 6.43. The molecule has 7 heteroatoms. The Hall–Kier alpha value is -3.06. The second-order valence-electron chi connectivity index (χ2n) is 7.57. The van der Waals surface area contributed by atoms with Crippen LogP contribution in [0.4, 0.5) is 0 Å². The van der Waals surface area contributed by atoms with Crippen molar-refractivity contribution in [3.05, 3.63) is 64.1 Å². The molecule has 0 bridgehead atoms. The molecule has 1 atom stereocenters. The van der Waals surface area contributed by atoms with Gasteiger partial charge in [-0.2, -0.15) is 0 Å². The van der Waals surface area contributed by atoms with Crippen molar-refractivity contribution < 1.29 is 9.63 Å². The Bertz CT molecular complexity index is 1130. The van der Waals surface area contributed by atoms with Crippen molar-refractivity contribution in [2.24, 2.45) is 0 Å². The topological polar surface area (TPSA) is 98.1 Å². The number of H-pyrrole nitrogens is 2. The van der Waals surface area contributed by atoms with E-state index in [1.54, 1.807) is 0 Å². The molecular weight excluding hydrogens is 368 g/mol. The van der Waals surface area contributed by atoms with Gasteiger partial charge < -0.3 is 24.5 Å². The largest absolute Gasteiger partial charge is 0.367 e. The van der Waals surface area contributed by atoms with Crippen molar-refractivity contribution in [3.63, 3.8) is 0 Å². The van der Waals surface area contributed by atoms with E-state index in [0.717, 1.165) is 29.7 Å². The van der Waals surface area contributed by atoms with Crippen LogP contribution >= 0.6 is 0 Å². The summed E-state index contributed by atoms with van der Waals surface area (Å²) in [6, 6.07) is 3.84. The van der Waals surface area contributed by atoms with Crippen LogP contribution in [0.1, 0.15) is 43.2 Å². The number of hydrogen-bond donors (Lipinski definition) is 3. The number of allylic oxidation sites excluding steroid dienone is 2. The second-order valence-corrected chi connectivity index (χ2v) is 7.57. The second kappa shape index (κ2) is 7.40. The number of benzene rings is 1. The average molecular weight is 394 g/mol. The SMILES string of the molecule is CCCCC(O)(c1cc(-c2c(C)noc2C)cc2[nH]c(=O)[nH]c12)N1C=CC=CC1. The van der Waals surface area contributed by atoms with E-state index in [1.807, 2.05) is 55.3 Å². The summed E-state index contributed by atoms with van der Waals surface area (Å²) in [4.78, 5) is 19.8. The van der Waals surface area contributed by atoms with E-state index >= 15 is 0 Å². The third-order valence-electron chi connectivity index (χ3n) is 5.55. The normalized spacial score (nSPS) is 15.9. The summed E-state index contributed by atoms with van der Waals surface area (Å²) in [5, 5.41) is 16.0. The van der Waals surface area contributed by atoms with Gasteiger partial charge in [-0.25, -0.2) is 4.79 Å². The molecule has 1 aliphatic heterocycles.